The van der Waals surface area contributed by atoms with E-state index in [1.165, 1.54) is 0 Å². The fourth-order valence-corrected chi connectivity index (χ4v) is 2.09. The molecule has 20 heavy (non-hydrogen) atoms. The van der Waals surface area contributed by atoms with Gasteiger partial charge in [0, 0.05) is 17.6 Å². The first-order valence-corrected chi connectivity index (χ1v) is 6.96. The normalized spacial score (nSPS) is 10.6. The SMILES string of the molecule is COc1ccc(OC)c(Cn2cc(CCCCl)nn2)c1. The Labute approximate surface area is 123 Å². The molecule has 0 fully saturated rings. The number of hydrogen-bond donors (Lipinski definition) is 0. The van der Waals surface area contributed by atoms with Gasteiger partial charge in [-0.05, 0) is 31.0 Å². The van der Waals surface area contributed by atoms with Gasteiger partial charge in [0.2, 0.25) is 0 Å². The van der Waals surface area contributed by atoms with Crippen LogP contribution in [0.2, 0.25) is 0 Å². The third kappa shape index (κ3) is 3.63. The highest BCUT2D eigenvalue weighted by Gasteiger charge is 2.08. The first-order valence-electron chi connectivity index (χ1n) is 6.42. The average molecular weight is 296 g/mol. The number of halogens is 1. The number of aryl methyl sites for hydroxylation is 1. The average Bonchev–Trinajstić information content (AvgIpc) is 2.92. The Balaban J connectivity index is 2.14. The molecule has 1 heterocycles. The highest BCUT2D eigenvalue weighted by Crippen LogP contribution is 2.24. The number of methoxy groups -OCH3 is 2. The van der Waals surface area contributed by atoms with E-state index in [1.807, 2.05) is 24.4 Å². The lowest BCUT2D eigenvalue weighted by atomic mass is 10.2. The predicted octanol–water partition coefficient (Wildman–Crippen LogP) is 2.52. The summed E-state index contributed by atoms with van der Waals surface area (Å²) >= 11 is 5.68. The molecule has 1 aromatic carbocycles. The summed E-state index contributed by atoms with van der Waals surface area (Å²) in [6.45, 7) is 0.592. The number of aromatic nitrogens is 3. The molecule has 0 aliphatic heterocycles. The number of rotatable bonds is 7. The fraction of sp³-hybridized carbons (Fsp3) is 0.429. The summed E-state index contributed by atoms with van der Waals surface area (Å²) in [6.07, 6.45) is 3.69. The predicted molar refractivity (Wildman–Crippen MR) is 77.7 cm³/mol. The van der Waals surface area contributed by atoms with Gasteiger partial charge in [0.05, 0.1) is 26.5 Å². The zero-order chi connectivity index (χ0) is 14.4. The molecule has 0 saturated carbocycles. The van der Waals surface area contributed by atoms with Gasteiger partial charge < -0.3 is 9.47 Å². The lowest BCUT2D eigenvalue weighted by Gasteiger charge is -2.10. The van der Waals surface area contributed by atoms with Crippen LogP contribution in [0.1, 0.15) is 17.7 Å². The summed E-state index contributed by atoms with van der Waals surface area (Å²) in [4.78, 5) is 0. The summed E-state index contributed by atoms with van der Waals surface area (Å²) in [5.41, 5.74) is 1.95. The van der Waals surface area contributed by atoms with E-state index in [-0.39, 0.29) is 0 Å². The largest absolute Gasteiger partial charge is 0.497 e. The zero-order valence-corrected chi connectivity index (χ0v) is 12.4. The summed E-state index contributed by atoms with van der Waals surface area (Å²) < 4.78 is 12.4. The molecule has 0 bridgehead atoms. The number of benzene rings is 1. The Morgan fingerprint density at radius 2 is 2.10 bits per heavy atom. The standard InChI is InChI=1S/C14H18ClN3O2/c1-19-13-5-6-14(20-2)11(8-13)9-18-10-12(16-17-18)4-3-7-15/h5-6,8,10H,3-4,7,9H2,1-2H3. The van der Waals surface area contributed by atoms with Gasteiger partial charge in [-0.2, -0.15) is 0 Å². The Bertz CT molecular complexity index is 557. The number of nitrogens with zero attached hydrogens (tertiary/aromatic N) is 3. The second-order valence-corrected chi connectivity index (χ2v) is 4.76. The van der Waals surface area contributed by atoms with Crippen LogP contribution < -0.4 is 9.47 Å². The van der Waals surface area contributed by atoms with Crippen molar-refractivity contribution in [2.24, 2.45) is 0 Å². The Hall–Kier alpha value is -1.75. The quantitative estimate of drug-likeness (QED) is 0.737. The minimum atomic E-state index is 0.592. The van der Waals surface area contributed by atoms with E-state index >= 15 is 0 Å². The van der Waals surface area contributed by atoms with Gasteiger partial charge in [-0.3, -0.25) is 0 Å². The molecule has 0 N–H and O–H groups in total. The first-order chi connectivity index (χ1) is 9.76. The van der Waals surface area contributed by atoms with Crippen molar-refractivity contribution in [3.8, 4) is 11.5 Å². The maximum Gasteiger partial charge on any atom is 0.124 e. The van der Waals surface area contributed by atoms with Crippen molar-refractivity contribution in [3.05, 3.63) is 35.7 Å². The molecule has 108 valence electrons. The molecule has 2 aromatic rings. The van der Waals surface area contributed by atoms with E-state index < -0.39 is 0 Å². The van der Waals surface area contributed by atoms with Gasteiger partial charge in [0.1, 0.15) is 11.5 Å². The van der Waals surface area contributed by atoms with Crippen LogP contribution in [0, 0.1) is 0 Å². The fourth-order valence-electron chi connectivity index (χ4n) is 1.96. The zero-order valence-electron chi connectivity index (χ0n) is 11.7. The van der Waals surface area contributed by atoms with Crippen LogP contribution in [0.5, 0.6) is 11.5 Å². The molecule has 6 heteroatoms. The van der Waals surface area contributed by atoms with Crippen LogP contribution in [-0.4, -0.2) is 35.1 Å². The van der Waals surface area contributed by atoms with Crippen molar-refractivity contribution in [1.82, 2.24) is 15.0 Å². The van der Waals surface area contributed by atoms with E-state index in [4.69, 9.17) is 21.1 Å². The third-order valence-electron chi connectivity index (χ3n) is 2.97. The van der Waals surface area contributed by atoms with E-state index in [0.717, 1.165) is 35.6 Å². The van der Waals surface area contributed by atoms with Crippen LogP contribution >= 0.6 is 11.6 Å². The van der Waals surface area contributed by atoms with Crippen LogP contribution in [-0.2, 0) is 13.0 Å². The maximum absolute atomic E-state index is 5.68. The van der Waals surface area contributed by atoms with Crippen molar-refractivity contribution in [2.45, 2.75) is 19.4 Å². The second kappa shape index (κ2) is 7.14. The summed E-state index contributed by atoms with van der Waals surface area (Å²) in [5.74, 6) is 2.24. The Kier molecular flexibility index (Phi) is 5.24. The molecule has 0 spiro atoms. The highest BCUT2D eigenvalue weighted by molar-refractivity contribution is 6.17. The van der Waals surface area contributed by atoms with Crippen molar-refractivity contribution < 1.29 is 9.47 Å². The van der Waals surface area contributed by atoms with Crippen molar-refractivity contribution in [2.75, 3.05) is 20.1 Å². The molecule has 0 aliphatic carbocycles. The summed E-state index contributed by atoms with van der Waals surface area (Å²) in [7, 11) is 3.30. The Morgan fingerprint density at radius 3 is 2.80 bits per heavy atom. The second-order valence-electron chi connectivity index (χ2n) is 4.38. The van der Waals surface area contributed by atoms with Gasteiger partial charge in [0.25, 0.3) is 0 Å². The minimum Gasteiger partial charge on any atom is -0.497 e. The number of alkyl halides is 1. The molecule has 0 radical (unpaired) electrons. The summed E-state index contributed by atoms with van der Waals surface area (Å²) in [6, 6.07) is 5.70. The van der Waals surface area contributed by atoms with Crippen LogP contribution in [0.3, 0.4) is 0 Å². The van der Waals surface area contributed by atoms with Gasteiger partial charge >= 0.3 is 0 Å². The van der Waals surface area contributed by atoms with E-state index in [1.54, 1.807) is 18.9 Å². The molecule has 0 atom stereocenters. The highest BCUT2D eigenvalue weighted by atomic mass is 35.5. The molecule has 0 aliphatic rings. The molecular weight excluding hydrogens is 278 g/mol. The molecule has 5 nitrogen and oxygen atoms in total. The first kappa shape index (κ1) is 14.7. The topological polar surface area (TPSA) is 49.2 Å². The molecule has 1 aromatic heterocycles. The minimum absolute atomic E-state index is 0.592. The van der Waals surface area contributed by atoms with Crippen LogP contribution in [0.15, 0.2) is 24.4 Å². The van der Waals surface area contributed by atoms with Crippen LogP contribution in [0.4, 0.5) is 0 Å². The monoisotopic (exact) mass is 295 g/mol. The van der Waals surface area contributed by atoms with Crippen molar-refractivity contribution >= 4 is 11.6 Å². The van der Waals surface area contributed by atoms with E-state index in [0.29, 0.717) is 12.4 Å². The maximum atomic E-state index is 5.68. The lowest BCUT2D eigenvalue weighted by molar-refractivity contribution is 0.396. The smallest absolute Gasteiger partial charge is 0.124 e. The molecule has 2 rings (SSSR count). The Morgan fingerprint density at radius 1 is 1.25 bits per heavy atom. The van der Waals surface area contributed by atoms with Gasteiger partial charge in [0.15, 0.2) is 0 Å². The molecule has 0 unspecified atom stereocenters. The van der Waals surface area contributed by atoms with E-state index in [2.05, 4.69) is 10.3 Å². The molecule has 0 saturated heterocycles. The van der Waals surface area contributed by atoms with Crippen molar-refractivity contribution in [3.63, 3.8) is 0 Å². The number of hydrogen-bond acceptors (Lipinski definition) is 4. The van der Waals surface area contributed by atoms with Crippen molar-refractivity contribution in [1.29, 1.82) is 0 Å². The summed E-state index contributed by atoms with van der Waals surface area (Å²) in [5, 5.41) is 8.25. The third-order valence-corrected chi connectivity index (χ3v) is 3.24. The van der Waals surface area contributed by atoms with Crippen LogP contribution in [0.25, 0.3) is 0 Å². The molecular formula is C14H18ClN3O2. The van der Waals surface area contributed by atoms with Gasteiger partial charge in [-0.15, -0.1) is 16.7 Å². The van der Waals surface area contributed by atoms with E-state index in [9.17, 15) is 0 Å². The molecule has 0 amide bonds. The lowest BCUT2D eigenvalue weighted by Crippen LogP contribution is -2.03. The number of ether oxygens (including phenoxy) is 2. The van der Waals surface area contributed by atoms with Gasteiger partial charge in [-0.1, -0.05) is 5.21 Å². The van der Waals surface area contributed by atoms with Gasteiger partial charge in [-0.25, -0.2) is 4.68 Å².